The second-order valence-corrected chi connectivity index (χ2v) is 7.43. The van der Waals surface area contributed by atoms with Crippen molar-refractivity contribution < 1.29 is 9.90 Å². The number of rotatable bonds is 5. The number of nitrogens with zero attached hydrogens (tertiary/aromatic N) is 3. The zero-order valence-corrected chi connectivity index (χ0v) is 14.9. The molecule has 1 amide bonds. The molecule has 4 rings (SSSR count). The molecule has 6 heteroatoms. The molecule has 0 radical (unpaired) electrons. The van der Waals surface area contributed by atoms with Gasteiger partial charge in [-0.05, 0) is 44.0 Å². The van der Waals surface area contributed by atoms with Gasteiger partial charge >= 0.3 is 0 Å². The Morgan fingerprint density at radius 2 is 1.96 bits per heavy atom. The Labute approximate surface area is 153 Å². The number of hydrogen-bond acceptors (Lipinski definition) is 4. The van der Waals surface area contributed by atoms with E-state index in [1.165, 1.54) is 5.56 Å². The normalized spacial score (nSPS) is 27.0. The van der Waals surface area contributed by atoms with Crippen LogP contribution in [0.5, 0.6) is 0 Å². The van der Waals surface area contributed by atoms with Gasteiger partial charge in [0.15, 0.2) is 0 Å². The first kappa shape index (κ1) is 17.2. The summed E-state index contributed by atoms with van der Waals surface area (Å²) in [6, 6.07) is 12.1. The number of carbonyl (C=O) groups excluding carboxylic acids is 1. The van der Waals surface area contributed by atoms with E-state index in [0.29, 0.717) is 6.42 Å². The largest absolute Gasteiger partial charge is 0.391 e. The van der Waals surface area contributed by atoms with Gasteiger partial charge in [-0.3, -0.25) is 14.4 Å². The highest BCUT2D eigenvalue weighted by Crippen LogP contribution is 2.33. The molecule has 26 heavy (non-hydrogen) atoms. The molecule has 1 aliphatic carbocycles. The van der Waals surface area contributed by atoms with Crippen LogP contribution in [0.2, 0.25) is 0 Å². The summed E-state index contributed by atoms with van der Waals surface area (Å²) in [5.41, 5.74) is 1.32. The summed E-state index contributed by atoms with van der Waals surface area (Å²) in [5, 5.41) is 17.4. The van der Waals surface area contributed by atoms with E-state index in [2.05, 4.69) is 39.6 Å². The molecule has 6 nitrogen and oxygen atoms in total. The molecule has 0 spiro atoms. The van der Waals surface area contributed by atoms with Crippen molar-refractivity contribution in [2.24, 2.45) is 5.92 Å². The quantitative estimate of drug-likeness (QED) is 0.855. The average molecular weight is 354 g/mol. The number of aromatic nitrogens is 2. The number of benzene rings is 1. The maximum Gasteiger partial charge on any atom is 0.223 e. The van der Waals surface area contributed by atoms with Gasteiger partial charge in [0.2, 0.25) is 5.91 Å². The van der Waals surface area contributed by atoms with Crippen LogP contribution in [0.1, 0.15) is 30.9 Å². The van der Waals surface area contributed by atoms with E-state index in [9.17, 15) is 9.90 Å². The third-order valence-electron chi connectivity index (χ3n) is 5.67. The molecule has 1 aromatic carbocycles. The predicted octanol–water partition coefficient (Wildman–Crippen LogP) is 1.59. The average Bonchev–Trinajstić information content (AvgIpc) is 3.16. The van der Waals surface area contributed by atoms with Crippen molar-refractivity contribution in [2.45, 2.75) is 44.0 Å². The predicted molar refractivity (Wildman–Crippen MR) is 98.3 cm³/mol. The molecule has 2 aliphatic rings. The third-order valence-corrected chi connectivity index (χ3v) is 5.67. The first-order chi connectivity index (χ1) is 12.7. The first-order valence-electron chi connectivity index (χ1n) is 9.44. The number of likely N-dealkylation sites (tertiary alicyclic amines) is 1. The minimum absolute atomic E-state index is 0.0280. The van der Waals surface area contributed by atoms with Crippen LogP contribution in [0.4, 0.5) is 0 Å². The van der Waals surface area contributed by atoms with Crippen LogP contribution in [-0.2, 0) is 11.3 Å². The fourth-order valence-electron chi connectivity index (χ4n) is 4.07. The summed E-state index contributed by atoms with van der Waals surface area (Å²) in [6.45, 7) is 2.84. The van der Waals surface area contributed by atoms with Gasteiger partial charge in [-0.2, -0.15) is 5.10 Å². The van der Waals surface area contributed by atoms with Crippen LogP contribution < -0.4 is 5.32 Å². The first-order valence-corrected chi connectivity index (χ1v) is 9.44. The zero-order chi connectivity index (χ0) is 17.9. The zero-order valence-electron chi connectivity index (χ0n) is 14.9. The number of aliphatic hydroxyl groups excluding tert-OH is 1. The number of aliphatic hydroxyl groups is 1. The van der Waals surface area contributed by atoms with Gasteiger partial charge in [-0.15, -0.1) is 0 Å². The fourth-order valence-corrected chi connectivity index (χ4v) is 4.07. The minimum atomic E-state index is -0.437. The van der Waals surface area contributed by atoms with Gasteiger partial charge in [-0.25, -0.2) is 0 Å². The monoisotopic (exact) mass is 354 g/mol. The minimum Gasteiger partial charge on any atom is -0.391 e. The summed E-state index contributed by atoms with van der Waals surface area (Å²) < 4.78 is 1.75. The topological polar surface area (TPSA) is 70.4 Å². The van der Waals surface area contributed by atoms with Gasteiger partial charge in [-0.1, -0.05) is 30.3 Å². The Kier molecular flexibility index (Phi) is 5.04. The van der Waals surface area contributed by atoms with Crippen molar-refractivity contribution in [2.75, 3.05) is 13.1 Å². The Balaban J connectivity index is 1.26. The number of carbonyl (C=O) groups is 1. The lowest BCUT2D eigenvalue weighted by Gasteiger charge is -2.42. The number of hydrogen-bond donors (Lipinski definition) is 2. The molecule has 2 fully saturated rings. The lowest BCUT2D eigenvalue weighted by molar-refractivity contribution is -0.130. The standard InChI is InChI=1S/C20H26N4O2/c25-18-13-17(19(18)24-10-4-9-21-24)22-20(26)16-7-11-23(12-8-16)14-15-5-2-1-3-6-15/h1-6,9-10,16-19,25H,7-8,11-14H2,(H,22,26)/t17-,18+,19+/m0/s1. The molecular weight excluding hydrogens is 328 g/mol. The van der Waals surface area contributed by atoms with E-state index in [4.69, 9.17) is 0 Å². The Hall–Kier alpha value is -2.18. The molecule has 2 N–H and O–H groups in total. The Bertz CT molecular complexity index is 711. The highest BCUT2D eigenvalue weighted by Gasteiger charge is 2.43. The highest BCUT2D eigenvalue weighted by atomic mass is 16.3. The summed E-state index contributed by atoms with van der Waals surface area (Å²) in [5.74, 6) is 0.191. The van der Waals surface area contributed by atoms with E-state index in [-0.39, 0.29) is 23.9 Å². The van der Waals surface area contributed by atoms with E-state index >= 15 is 0 Å². The molecule has 1 aromatic heterocycles. The number of nitrogens with one attached hydrogen (secondary N) is 1. The summed E-state index contributed by atoms with van der Waals surface area (Å²) >= 11 is 0. The van der Waals surface area contributed by atoms with Crippen LogP contribution in [0, 0.1) is 5.92 Å². The van der Waals surface area contributed by atoms with Crippen molar-refractivity contribution >= 4 is 5.91 Å². The molecule has 1 saturated carbocycles. The highest BCUT2D eigenvalue weighted by molar-refractivity contribution is 5.79. The molecule has 3 atom stereocenters. The molecule has 2 aromatic rings. The maximum absolute atomic E-state index is 12.6. The van der Waals surface area contributed by atoms with Crippen LogP contribution in [-0.4, -0.2) is 50.9 Å². The van der Waals surface area contributed by atoms with Crippen LogP contribution in [0.3, 0.4) is 0 Å². The van der Waals surface area contributed by atoms with Crippen LogP contribution >= 0.6 is 0 Å². The molecule has 1 aliphatic heterocycles. The van der Waals surface area contributed by atoms with Gasteiger partial charge in [0.1, 0.15) is 0 Å². The van der Waals surface area contributed by atoms with E-state index in [1.54, 1.807) is 10.9 Å². The maximum atomic E-state index is 12.6. The van der Waals surface area contributed by atoms with Gasteiger partial charge in [0.25, 0.3) is 0 Å². The van der Waals surface area contributed by atoms with E-state index < -0.39 is 6.10 Å². The van der Waals surface area contributed by atoms with Crippen molar-refractivity contribution in [1.29, 1.82) is 0 Å². The number of piperidine rings is 1. The van der Waals surface area contributed by atoms with Crippen molar-refractivity contribution in [3.63, 3.8) is 0 Å². The summed E-state index contributed by atoms with van der Waals surface area (Å²) in [7, 11) is 0. The van der Waals surface area contributed by atoms with Crippen molar-refractivity contribution in [1.82, 2.24) is 20.0 Å². The van der Waals surface area contributed by atoms with E-state index in [1.807, 2.05) is 18.3 Å². The Morgan fingerprint density at radius 1 is 1.19 bits per heavy atom. The Morgan fingerprint density at radius 3 is 2.62 bits per heavy atom. The van der Waals surface area contributed by atoms with Crippen LogP contribution in [0.25, 0.3) is 0 Å². The van der Waals surface area contributed by atoms with Gasteiger partial charge in [0, 0.05) is 24.9 Å². The van der Waals surface area contributed by atoms with Crippen molar-refractivity contribution in [3.05, 3.63) is 54.4 Å². The molecule has 2 heterocycles. The second-order valence-electron chi connectivity index (χ2n) is 7.43. The van der Waals surface area contributed by atoms with Crippen molar-refractivity contribution in [3.8, 4) is 0 Å². The molecule has 138 valence electrons. The lowest BCUT2D eigenvalue weighted by Crippen LogP contribution is -2.57. The summed E-state index contributed by atoms with van der Waals surface area (Å²) in [6.07, 6.45) is 5.48. The third kappa shape index (κ3) is 3.66. The van der Waals surface area contributed by atoms with Gasteiger partial charge in [0.05, 0.1) is 18.2 Å². The molecule has 0 unspecified atom stereocenters. The van der Waals surface area contributed by atoms with Crippen LogP contribution in [0.15, 0.2) is 48.8 Å². The van der Waals surface area contributed by atoms with E-state index in [0.717, 1.165) is 32.5 Å². The fraction of sp³-hybridized carbons (Fsp3) is 0.500. The molecular formula is C20H26N4O2. The summed E-state index contributed by atoms with van der Waals surface area (Å²) in [4.78, 5) is 15.1. The smallest absolute Gasteiger partial charge is 0.223 e. The second kappa shape index (κ2) is 7.60. The SMILES string of the molecule is O=C(N[C@H]1C[C@@H](O)[C@@H]1n1cccn1)C1CCN(Cc2ccccc2)CC1. The lowest BCUT2D eigenvalue weighted by atomic mass is 9.82. The molecule has 0 bridgehead atoms. The number of amides is 1. The molecule has 1 saturated heterocycles. The van der Waals surface area contributed by atoms with Gasteiger partial charge < -0.3 is 10.4 Å².